The lowest BCUT2D eigenvalue weighted by Crippen LogP contribution is -2.36. The molecule has 0 aromatic carbocycles. The highest BCUT2D eigenvalue weighted by Crippen LogP contribution is 2.29. The van der Waals surface area contributed by atoms with Crippen molar-refractivity contribution in [1.29, 1.82) is 0 Å². The van der Waals surface area contributed by atoms with Crippen LogP contribution in [0.4, 0.5) is 22.4 Å². The van der Waals surface area contributed by atoms with Gasteiger partial charge in [0.25, 0.3) is 0 Å². The highest BCUT2D eigenvalue weighted by molar-refractivity contribution is 5.92. The Morgan fingerprint density at radius 1 is 1.11 bits per heavy atom. The number of methoxy groups -OCH3 is 1. The number of hydrogen-bond donors (Lipinski definition) is 1. The van der Waals surface area contributed by atoms with Gasteiger partial charge in [0.2, 0.25) is 5.83 Å². The summed E-state index contributed by atoms with van der Waals surface area (Å²) in [6, 6.07) is 0. The summed E-state index contributed by atoms with van der Waals surface area (Å²) in [6.07, 6.45) is -6.84. The Morgan fingerprint density at radius 2 is 1.58 bits per heavy atom. The number of carbonyl (C=O) groups excluding carboxylic acids is 2. The Balaban J connectivity index is 5.23. The number of esters is 1. The molecule has 0 spiro atoms. The molecule has 0 atom stereocenters. The molecule has 0 aromatic rings. The number of ether oxygens (including phenoxy) is 2. The third-order valence-electron chi connectivity index (χ3n) is 1.48. The minimum absolute atomic E-state index is 0.739. The van der Waals surface area contributed by atoms with Gasteiger partial charge in [-0.25, -0.2) is 9.59 Å². The molecule has 0 bridgehead atoms. The first kappa shape index (κ1) is 17.2. The van der Waals surface area contributed by atoms with Crippen LogP contribution in [0.1, 0.15) is 20.8 Å². The summed E-state index contributed by atoms with van der Waals surface area (Å²) >= 11 is 0. The highest BCUT2D eigenvalue weighted by Gasteiger charge is 2.41. The zero-order valence-corrected chi connectivity index (χ0v) is 10.6. The summed E-state index contributed by atoms with van der Waals surface area (Å²) in [6.45, 7) is 4.32. The van der Waals surface area contributed by atoms with E-state index in [1.54, 1.807) is 0 Å². The predicted molar refractivity (Wildman–Crippen MR) is 55.6 cm³/mol. The lowest BCUT2D eigenvalue weighted by Gasteiger charge is -2.20. The van der Waals surface area contributed by atoms with E-state index in [1.807, 2.05) is 0 Å². The molecule has 5 nitrogen and oxygen atoms in total. The van der Waals surface area contributed by atoms with Crippen LogP contribution < -0.4 is 5.32 Å². The average Bonchev–Trinajstić information content (AvgIpc) is 2.20. The largest absolute Gasteiger partial charge is 0.464 e. The summed E-state index contributed by atoms with van der Waals surface area (Å²) in [7, 11) is 0.739. The normalized spacial score (nSPS) is 13.5. The quantitative estimate of drug-likeness (QED) is 0.481. The number of hydrogen-bond acceptors (Lipinski definition) is 4. The van der Waals surface area contributed by atoms with Gasteiger partial charge in [0, 0.05) is 0 Å². The first-order valence-corrected chi connectivity index (χ1v) is 4.93. The van der Waals surface area contributed by atoms with E-state index < -0.39 is 35.4 Å². The summed E-state index contributed by atoms with van der Waals surface area (Å²) < 4.78 is 58.0. The molecule has 1 N–H and O–H groups in total. The van der Waals surface area contributed by atoms with Gasteiger partial charge in [-0.2, -0.15) is 17.6 Å². The molecule has 1 amide bonds. The monoisotopic (exact) mass is 287 g/mol. The third kappa shape index (κ3) is 6.07. The highest BCUT2D eigenvalue weighted by atomic mass is 19.4. The van der Waals surface area contributed by atoms with Crippen molar-refractivity contribution in [2.75, 3.05) is 7.11 Å². The lowest BCUT2D eigenvalue weighted by molar-refractivity contribution is -0.139. The maximum Gasteiger partial charge on any atom is 0.445 e. The summed E-state index contributed by atoms with van der Waals surface area (Å²) in [5.41, 5.74) is -2.69. The van der Waals surface area contributed by atoms with Crippen LogP contribution in [-0.4, -0.2) is 30.9 Å². The lowest BCUT2D eigenvalue weighted by atomic mass is 10.2. The van der Waals surface area contributed by atoms with E-state index in [0.717, 1.165) is 7.11 Å². The van der Waals surface area contributed by atoms with E-state index >= 15 is 0 Å². The fourth-order valence-electron chi connectivity index (χ4n) is 0.845. The molecule has 0 unspecified atom stereocenters. The standard InChI is InChI=1S/C10H13F4NO4/c1-9(2,3)19-8(17)15-5(7(16)18-4)6(11)10(12,13)14/h1-4H3,(H,15,17)/b6-5-. The topological polar surface area (TPSA) is 64.6 Å². The van der Waals surface area contributed by atoms with Gasteiger partial charge in [-0.05, 0) is 20.8 Å². The Morgan fingerprint density at radius 3 is 1.89 bits per heavy atom. The van der Waals surface area contributed by atoms with E-state index in [2.05, 4.69) is 9.47 Å². The minimum Gasteiger partial charge on any atom is -0.464 e. The van der Waals surface area contributed by atoms with Crippen LogP contribution in [0.15, 0.2) is 11.5 Å². The summed E-state index contributed by atoms with van der Waals surface area (Å²) in [5.74, 6) is -4.45. The molecule has 0 fully saturated rings. The molecule has 9 heteroatoms. The van der Waals surface area contributed by atoms with Gasteiger partial charge in [0.05, 0.1) is 7.11 Å². The molecular formula is C10H13F4NO4. The predicted octanol–water partition coefficient (Wildman–Crippen LogP) is 2.43. The summed E-state index contributed by atoms with van der Waals surface area (Å²) in [5, 5.41) is 1.38. The molecule has 0 aliphatic heterocycles. The molecule has 0 heterocycles. The first-order valence-electron chi connectivity index (χ1n) is 4.93. The molecule has 110 valence electrons. The molecular weight excluding hydrogens is 274 g/mol. The van der Waals surface area contributed by atoms with Crippen molar-refractivity contribution in [2.24, 2.45) is 0 Å². The molecule has 0 saturated heterocycles. The number of halogens is 4. The fraction of sp³-hybridized carbons (Fsp3) is 0.600. The Hall–Kier alpha value is -1.80. The van der Waals surface area contributed by atoms with Gasteiger partial charge >= 0.3 is 18.2 Å². The van der Waals surface area contributed by atoms with E-state index in [9.17, 15) is 27.2 Å². The fourth-order valence-corrected chi connectivity index (χ4v) is 0.845. The van der Waals surface area contributed by atoms with Crippen molar-refractivity contribution in [1.82, 2.24) is 5.32 Å². The van der Waals surface area contributed by atoms with Gasteiger partial charge in [-0.15, -0.1) is 0 Å². The number of nitrogens with one attached hydrogen (secondary N) is 1. The zero-order chi connectivity index (χ0) is 15.4. The number of rotatable bonds is 2. The average molecular weight is 287 g/mol. The van der Waals surface area contributed by atoms with Gasteiger partial charge in [-0.1, -0.05) is 0 Å². The number of alkyl carbamates (subject to hydrolysis) is 1. The molecule has 0 aromatic heterocycles. The van der Waals surface area contributed by atoms with Crippen molar-refractivity contribution in [3.63, 3.8) is 0 Å². The van der Waals surface area contributed by atoms with E-state index in [4.69, 9.17) is 0 Å². The van der Waals surface area contributed by atoms with Gasteiger partial charge < -0.3 is 9.47 Å². The van der Waals surface area contributed by atoms with E-state index in [1.165, 1.54) is 26.1 Å². The molecule has 0 saturated carbocycles. The number of amides is 1. The third-order valence-corrected chi connectivity index (χ3v) is 1.48. The maximum atomic E-state index is 13.0. The van der Waals surface area contributed by atoms with Gasteiger partial charge in [-0.3, -0.25) is 5.32 Å². The Labute approximate surface area is 106 Å². The van der Waals surface area contributed by atoms with Gasteiger partial charge in [0.15, 0.2) is 5.70 Å². The second-order valence-corrected chi connectivity index (χ2v) is 4.31. The second kappa shape index (κ2) is 5.89. The number of carbonyl (C=O) groups is 2. The molecule has 0 aliphatic carbocycles. The number of allylic oxidation sites excluding steroid dienone is 1. The van der Waals surface area contributed by atoms with Crippen LogP contribution in [0.2, 0.25) is 0 Å². The van der Waals surface area contributed by atoms with Crippen molar-refractivity contribution >= 4 is 12.1 Å². The van der Waals surface area contributed by atoms with Crippen LogP contribution in [-0.2, 0) is 14.3 Å². The van der Waals surface area contributed by atoms with Crippen LogP contribution in [0.3, 0.4) is 0 Å². The van der Waals surface area contributed by atoms with Crippen LogP contribution in [0.25, 0.3) is 0 Å². The molecule has 0 rings (SSSR count). The summed E-state index contributed by atoms with van der Waals surface area (Å²) in [4.78, 5) is 22.2. The zero-order valence-electron chi connectivity index (χ0n) is 10.6. The van der Waals surface area contributed by atoms with Gasteiger partial charge in [0.1, 0.15) is 5.60 Å². The van der Waals surface area contributed by atoms with Crippen LogP contribution in [0, 0.1) is 0 Å². The SMILES string of the molecule is COC(=O)/C(NC(=O)OC(C)(C)C)=C(/F)C(F)(F)F. The van der Waals surface area contributed by atoms with Crippen molar-refractivity contribution < 1.29 is 36.6 Å². The second-order valence-electron chi connectivity index (χ2n) is 4.31. The number of alkyl halides is 3. The maximum absolute atomic E-state index is 13.0. The molecule has 0 radical (unpaired) electrons. The van der Waals surface area contributed by atoms with Crippen molar-refractivity contribution in [3.8, 4) is 0 Å². The smallest absolute Gasteiger partial charge is 0.445 e. The van der Waals surface area contributed by atoms with Crippen molar-refractivity contribution in [2.45, 2.75) is 32.5 Å². The first-order chi connectivity index (χ1) is 8.38. The Bertz CT molecular complexity index is 395. The van der Waals surface area contributed by atoms with Crippen molar-refractivity contribution in [3.05, 3.63) is 11.5 Å². The van der Waals surface area contributed by atoms with Crippen LogP contribution >= 0.6 is 0 Å². The molecule has 0 aliphatic rings. The molecule has 19 heavy (non-hydrogen) atoms. The Kier molecular flexibility index (Phi) is 5.34. The minimum atomic E-state index is -5.43. The van der Waals surface area contributed by atoms with E-state index in [-0.39, 0.29) is 0 Å². The van der Waals surface area contributed by atoms with Crippen LogP contribution in [0.5, 0.6) is 0 Å². The van der Waals surface area contributed by atoms with E-state index in [0.29, 0.717) is 0 Å².